The Morgan fingerprint density at radius 2 is 1.95 bits per heavy atom. The van der Waals surface area contributed by atoms with E-state index in [1.54, 1.807) is 0 Å². The molecule has 1 saturated heterocycles. The van der Waals surface area contributed by atoms with Crippen molar-refractivity contribution in [3.8, 4) is 6.07 Å². The summed E-state index contributed by atoms with van der Waals surface area (Å²) in [5, 5.41) is 9.47. The van der Waals surface area contributed by atoms with Gasteiger partial charge < -0.3 is 9.64 Å². The molecule has 1 atom stereocenters. The number of rotatable bonds is 6. The van der Waals surface area contributed by atoms with Gasteiger partial charge in [0.05, 0.1) is 13.2 Å². The lowest BCUT2D eigenvalue weighted by Crippen LogP contribution is -2.47. The van der Waals surface area contributed by atoms with E-state index >= 15 is 0 Å². The Morgan fingerprint density at radius 3 is 2.55 bits per heavy atom. The SMILES string of the molecule is COC(=O)CCCN1CCN(C(C#N)c2ccccc2)CC1. The van der Waals surface area contributed by atoms with Crippen molar-refractivity contribution in [2.24, 2.45) is 0 Å². The van der Waals surface area contributed by atoms with Crippen LogP contribution in [0.4, 0.5) is 0 Å². The van der Waals surface area contributed by atoms with Crippen LogP contribution in [0.2, 0.25) is 0 Å². The first-order valence-electron chi connectivity index (χ1n) is 7.72. The van der Waals surface area contributed by atoms with Gasteiger partial charge in [-0.15, -0.1) is 0 Å². The van der Waals surface area contributed by atoms with Crippen molar-refractivity contribution in [1.29, 1.82) is 5.26 Å². The number of ether oxygens (including phenoxy) is 1. The molecular formula is C17H23N3O2. The van der Waals surface area contributed by atoms with Gasteiger partial charge in [-0.1, -0.05) is 30.3 Å². The maximum Gasteiger partial charge on any atom is 0.305 e. The van der Waals surface area contributed by atoms with E-state index in [9.17, 15) is 10.1 Å². The van der Waals surface area contributed by atoms with Crippen molar-refractivity contribution in [3.05, 3.63) is 35.9 Å². The van der Waals surface area contributed by atoms with Gasteiger partial charge in [-0.2, -0.15) is 5.26 Å². The molecule has 22 heavy (non-hydrogen) atoms. The fourth-order valence-corrected chi connectivity index (χ4v) is 2.80. The highest BCUT2D eigenvalue weighted by Gasteiger charge is 2.24. The van der Waals surface area contributed by atoms with E-state index in [2.05, 4.69) is 20.6 Å². The van der Waals surface area contributed by atoms with Crippen LogP contribution < -0.4 is 0 Å². The molecule has 0 aromatic heterocycles. The first kappa shape index (κ1) is 16.5. The van der Waals surface area contributed by atoms with Gasteiger partial charge in [0.2, 0.25) is 0 Å². The number of esters is 1. The highest BCUT2D eigenvalue weighted by molar-refractivity contribution is 5.69. The molecule has 0 saturated carbocycles. The minimum Gasteiger partial charge on any atom is -0.469 e. The molecular weight excluding hydrogens is 278 g/mol. The van der Waals surface area contributed by atoms with Crippen molar-refractivity contribution in [3.63, 3.8) is 0 Å². The van der Waals surface area contributed by atoms with Gasteiger partial charge in [-0.05, 0) is 18.5 Å². The third kappa shape index (κ3) is 4.55. The van der Waals surface area contributed by atoms with E-state index in [1.165, 1.54) is 7.11 Å². The van der Waals surface area contributed by atoms with Gasteiger partial charge in [-0.3, -0.25) is 9.69 Å². The topological polar surface area (TPSA) is 56.6 Å². The lowest BCUT2D eigenvalue weighted by Gasteiger charge is -2.37. The van der Waals surface area contributed by atoms with Crippen molar-refractivity contribution in [2.45, 2.75) is 18.9 Å². The average Bonchev–Trinajstić information content (AvgIpc) is 2.58. The minimum absolute atomic E-state index is 0.146. The lowest BCUT2D eigenvalue weighted by atomic mass is 10.1. The molecule has 0 amide bonds. The first-order valence-corrected chi connectivity index (χ1v) is 7.72. The van der Waals surface area contributed by atoms with E-state index in [0.29, 0.717) is 6.42 Å². The first-order chi connectivity index (χ1) is 10.7. The number of carbonyl (C=O) groups is 1. The predicted octanol–water partition coefficient (Wildman–Crippen LogP) is 1.82. The molecule has 0 aliphatic carbocycles. The van der Waals surface area contributed by atoms with Crippen LogP contribution in [0, 0.1) is 11.3 Å². The van der Waals surface area contributed by atoms with Crippen molar-refractivity contribution in [1.82, 2.24) is 9.80 Å². The Labute approximate surface area is 132 Å². The quantitative estimate of drug-likeness (QED) is 0.750. The van der Waals surface area contributed by atoms with Crippen LogP contribution in [0.3, 0.4) is 0 Å². The molecule has 0 bridgehead atoms. The molecule has 1 unspecified atom stereocenters. The molecule has 2 rings (SSSR count). The monoisotopic (exact) mass is 301 g/mol. The maximum atomic E-state index is 11.1. The maximum absolute atomic E-state index is 11.1. The molecule has 0 spiro atoms. The van der Waals surface area contributed by atoms with Gasteiger partial charge in [0, 0.05) is 32.6 Å². The fourth-order valence-electron chi connectivity index (χ4n) is 2.80. The van der Waals surface area contributed by atoms with Gasteiger partial charge in [0.25, 0.3) is 0 Å². The minimum atomic E-state index is -0.168. The smallest absolute Gasteiger partial charge is 0.305 e. The Balaban J connectivity index is 1.79. The Morgan fingerprint density at radius 1 is 1.27 bits per heavy atom. The van der Waals surface area contributed by atoms with E-state index in [-0.39, 0.29) is 12.0 Å². The number of carbonyl (C=O) groups excluding carboxylic acids is 1. The molecule has 118 valence electrons. The van der Waals surface area contributed by atoms with Gasteiger partial charge in [0.15, 0.2) is 0 Å². The van der Waals surface area contributed by atoms with Crippen LogP contribution in [0.25, 0.3) is 0 Å². The van der Waals surface area contributed by atoms with E-state index in [1.807, 2.05) is 30.3 Å². The molecule has 1 heterocycles. The molecule has 0 N–H and O–H groups in total. The summed E-state index contributed by atoms with van der Waals surface area (Å²) in [5.74, 6) is -0.146. The van der Waals surface area contributed by atoms with E-state index in [0.717, 1.165) is 44.7 Å². The number of hydrogen-bond acceptors (Lipinski definition) is 5. The summed E-state index contributed by atoms with van der Waals surface area (Å²) in [6, 6.07) is 12.2. The zero-order valence-electron chi connectivity index (χ0n) is 13.1. The van der Waals surface area contributed by atoms with Crippen LogP contribution in [-0.4, -0.2) is 55.6 Å². The van der Waals surface area contributed by atoms with Crippen LogP contribution >= 0.6 is 0 Å². The molecule has 1 aromatic rings. The van der Waals surface area contributed by atoms with Gasteiger partial charge >= 0.3 is 5.97 Å². The number of nitriles is 1. The predicted molar refractivity (Wildman–Crippen MR) is 84.1 cm³/mol. The zero-order valence-corrected chi connectivity index (χ0v) is 13.1. The summed E-state index contributed by atoms with van der Waals surface area (Å²) in [7, 11) is 1.42. The fraction of sp³-hybridized carbons (Fsp3) is 0.529. The molecule has 1 aromatic carbocycles. The molecule has 1 fully saturated rings. The second-order valence-electron chi connectivity index (χ2n) is 5.50. The summed E-state index contributed by atoms with van der Waals surface area (Å²) >= 11 is 0. The van der Waals surface area contributed by atoms with Crippen molar-refractivity contribution < 1.29 is 9.53 Å². The average molecular weight is 301 g/mol. The lowest BCUT2D eigenvalue weighted by molar-refractivity contribution is -0.140. The third-order valence-corrected chi connectivity index (χ3v) is 4.09. The van der Waals surface area contributed by atoms with E-state index in [4.69, 9.17) is 0 Å². The number of benzene rings is 1. The molecule has 1 aliphatic rings. The Kier molecular flexibility index (Phi) is 6.38. The molecule has 5 nitrogen and oxygen atoms in total. The molecule has 0 radical (unpaired) electrons. The molecule has 1 aliphatic heterocycles. The summed E-state index contributed by atoms with van der Waals surface area (Å²) in [4.78, 5) is 15.7. The number of nitrogens with zero attached hydrogens (tertiary/aromatic N) is 3. The van der Waals surface area contributed by atoms with Crippen LogP contribution in [-0.2, 0) is 9.53 Å². The van der Waals surface area contributed by atoms with Gasteiger partial charge in [-0.25, -0.2) is 0 Å². The number of hydrogen-bond donors (Lipinski definition) is 0. The molecule has 5 heteroatoms. The van der Waals surface area contributed by atoms with Crippen LogP contribution in [0.15, 0.2) is 30.3 Å². The normalized spacial score (nSPS) is 17.6. The highest BCUT2D eigenvalue weighted by atomic mass is 16.5. The van der Waals surface area contributed by atoms with Crippen molar-refractivity contribution >= 4 is 5.97 Å². The zero-order chi connectivity index (χ0) is 15.8. The second-order valence-corrected chi connectivity index (χ2v) is 5.50. The highest BCUT2D eigenvalue weighted by Crippen LogP contribution is 2.21. The van der Waals surface area contributed by atoms with Crippen LogP contribution in [0.1, 0.15) is 24.4 Å². The Bertz CT molecular complexity index is 504. The third-order valence-electron chi connectivity index (χ3n) is 4.09. The van der Waals surface area contributed by atoms with E-state index < -0.39 is 0 Å². The number of methoxy groups -OCH3 is 1. The Hall–Kier alpha value is -1.90. The number of piperazine rings is 1. The second kappa shape index (κ2) is 8.52. The van der Waals surface area contributed by atoms with Crippen molar-refractivity contribution in [2.75, 3.05) is 39.8 Å². The standard InChI is InChI=1S/C17H23N3O2/c1-22-17(21)8-5-9-19-10-12-20(13-11-19)16(14-18)15-6-3-2-4-7-15/h2-4,6-7,16H,5,8-13H2,1H3. The summed E-state index contributed by atoms with van der Waals surface area (Å²) in [5.41, 5.74) is 1.06. The summed E-state index contributed by atoms with van der Waals surface area (Å²) in [6.45, 7) is 4.54. The van der Waals surface area contributed by atoms with Crippen LogP contribution in [0.5, 0.6) is 0 Å². The summed E-state index contributed by atoms with van der Waals surface area (Å²) < 4.78 is 4.65. The van der Waals surface area contributed by atoms with Gasteiger partial charge in [0.1, 0.15) is 6.04 Å². The largest absolute Gasteiger partial charge is 0.469 e. The summed E-state index contributed by atoms with van der Waals surface area (Å²) in [6.07, 6.45) is 1.30.